The monoisotopic (exact) mass is 249 g/mol. The molecule has 1 aliphatic carbocycles. The van der Waals surface area contributed by atoms with Gasteiger partial charge < -0.3 is 4.74 Å². The summed E-state index contributed by atoms with van der Waals surface area (Å²) < 4.78 is 7.60. The molecule has 4 nitrogen and oxygen atoms in total. The lowest BCUT2D eigenvalue weighted by molar-refractivity contribution is 0.0358. The van der Waals surface area contributed by atoms with Gasteiger partial charge in [-0.3, -0.25) is 9.58 Å². The molecule has 3 rings (SSSR count). The number of aryl methyl sites for hydroxylation is 1. The fourth-order valence-corrected chi connectivity index (χ4v) is 2.60. The number of nitrogens with zero attached hydrogens (tertiary/aromatic N) is 3. The van der Waals surface area contributed by atoms with Crippen LogP contribution in [0.4, 0.5) is 0 Å². The zero-order valence-electron chi connectivity index (χ0n) is 11.3. The summed E-state index contributed by atoms with van der Waals surface area (Å²) >= 11 is 0. The maximum absolute atomic E-state index is 5.38. The molecular formula is C14H23N3O. The van der Waals surface area contributed by atoms with Gasteiger partial charge in [-0.1, -0.05) is 6.92 Å². The van der Waals surface area contributed by atoms with Gasteiger partial charge in [0.2, 0.25) is 0 Å². The minimum absolute atomic E-state index is 0.764. The van der Waals surface area contributed by atoms with E-state index in [1.165, 1.54) is 24.2 Å². The Morgan fingerprint density at radius 1 is 1.28 bits per heavy atom. The molecule has 0 aromatic carbocycles. The van der Waals surface area contributed by atoms with Crippen molar-refractivity contribution in [3.05, 3.63) is 17.5 Å². The largest absolute Gasteiger partial charge is 0.379 e. The van der Waals surface area contributed by atoms with Crippen molar-refractivity contribution in [3.8, 4) is 0 Å². The van der Waals surface area contributed by atoms with Crippen LogP contribution in [0.5, 0.6) is 0 Å². The maximum atomic E-state index is 5.38. The Kier molecular flexibility index (Phi) is 3.66. The molecule has 0 radical (unpaired) electrons. The average molecular weight is 249 g/mol. The molecule has 1 saturated carbocycles. The summed E-state index contributed by atoms with van der Waals surface area (Å²) in [4.78, 5) is 2.47. The number of ether oxygens (including phenoxy) is 1. The van der Waals surface area contributed by atoms with E-state index in [0.29, 0.717) is 0 Å². The van der Waals surface area contributed by atoms with Crippen LogP contribution in [-0.4, -0.2) is 47.5 Å². The number of hydrogen-bond donors (Lipinski definition) is 0. The van der Waals surface area contributed by atoms with Crippen LogP contribution in [0.2, 0.25) is 0 Å². The standard InChI is InChI=1S/C14H23N3O/c1-2-13-11-14(12-3-4-12)15-17(13)6-5-16-7-9-18-10-8-16/h11-12H,2-10H2,1H3. The first kappa shape index (κ1) is 12.2. The van der Waals surface area contributed by atoms with Crippen molar-refractivity contribution >= 4 is 0 Å². The number of aromatic nitrogens is 2. The maximum Gasteiger partial charge on any atom is 0.0658 e. The highest BCUT2D eigenvalue weighted by Crippen LogP contribution is 2.39. The third kappa shape index (κ3) is 2.75. The topological polar surface area (TPSA) is 30.3 Å². The Morgan fingerprint density at radius 3 is 2.72 bits per heavy atom. The molecule has 0 spiro atoms. The van der Waals surface area contributed by atoms with Crippen LogP contribution in [0.15, 0.2) is 6.07 Å². The Hall–Kier alpha value is -0.870. The first-order valence-electron chi connectivity index (χ1n) is 7.23. The van der Waals surface area contributed by atoms with Crippen molar-refractivity contribution in [3.63, 3.8) is 0 Å². The van der Waals surface area contributed by atoms with Crippen molar-refractivity contribution in [2.45, 2.75) is 38.6 Å². The third-order valence-corrected chi connectivity index (χ3v) is 3.97. The van der Waals surface area contributed by atoms with E-state index in [9.17, 15) is 0 Å². The second-order valence-corrected chi connectivity index (χ2v) is 5.37. The van der Waals surface area contributed by atoms with Crippen LogP contribution < -0.4 is 0 Å². The number of hydrogen-bond acceptors (Lipinski definition) is 3. The van der Waals surface area contributed by atoms with Crippen LogP contribution in [-0.2, 0) is 17.7 Å². The van der Waals surface area contributed by atoms with E-state index in [4.69, 9.17) is 9.84 Å². The van der Waals surface area contributed by atoms with Gasteiger partial charge in [0.25, 0.3) is 0 Å². The zero-order valence-corrected chi connectivity index (χ0v) is 11.3. The summed E-state index contributed by atoms with van der Waals surface area (Å²) in [6.07, 6.45) is 3.76. The molecule has 18 heavy (non-hydrogen) atoms. The quantitative estimate of drug-likeness (QED) is 0.795. The molecule has 1 saturated heterocycles. The van der Waals surface area contributed by atoms with Crippen molar-refractivity contribution in [2.75, 3.05) is 32.8 Å². The van der Waals surface area contributed by atoms with Crippen LogP contribution >= 0.6 is 0 Å². The summed E-state index contributed by atoms with van der Waals surface area (Å²) in [6, 6.07) is 2.32. The van der Waals surface area contributed by atoms with Crippen LogP contribution in [0.3, 0.4) is 0 Å². The van der Waals surface area contributed by atoms with E-state index >= 15 is 0 Å². The summed E-state index contributed by atoms with van der Waals surface area (Å²) in [7, 11) is 0. The zero-order chi connectivity index (χ0) is 12.4. The van der Waals surface area contributed by atoms with E-state index in [-0.39, 0.29) is 0 Å². The lowest BCUT2D eigenvalue weighted by atomic mass is 10.2. The fourth-order valence-electron chi connectivity index (χ4n) is 2.60. The molecule has 0 unspecified atom stereocenters. The van der Waals surface area contributed by atoms with E-state index in [0.717, 1.165) is 51.7 Å². The molecule has 1 aromatic heterocycles. The van der Waals surface area contributed by atoms with Gasteiger partial charge in [-0.2, -0.15) is 5.10 Å². The first-order valence-corrected chi connectivity index (χ1v) is 7.23. The van der Waals surface area contributed by atoms with Crippen molar-refractivity contribution in [1.29, 1.82) is 0 Å². The van der Waals surface area contributed by atoms with Gasteiger partial charge in [-0.25, -0.2) is 0 Å². The number of morpholine rings is 1. The smallest absolute Gasteiger partial charge is 0.0658 e. The molecule has 4 heteroatoms. The summed E-state index contributed by atoms with van der Waals surface area (Å²) in [5.74, 6) is 0.764. The molecular weight excluding hydrogens is 226 g/mol. The minimum Gasteiger partial charge on any atom is -0.379 e. The van der Waals surface area contributed by atoms with Crippen molar-refractivity contribution < 1.29 is 4.74 Å². The van der Waals surface area contributed by atoms with Gasteiger partial charge in [0.1, 0.15) is 0 Å². The van der Waals surface area contributed by atoms with E-state index in [2.05, 4.69) is 22.6 Å². The summed E-state index contributed by atoms with van der Waals surface area (Å²) in [5, 5.41) is 4.79. The molecule has 0 bridgehead atoms. The molecule has 2 fully saturated rings. The Morgan fingerprint density at radius 2 is 2.06 bits per heavy atom. The highest BCUT2D eigenvalue weighted by molar-refractivity contribution is 5.18. The molecule has 0 atom stereocenters. The van der Waals surface area contributed by atoms with E-state index in [1.54, 1.807) is 0 Å². The summed E-state index contributed by atoms with van der Waals surface area (Å²) in [6.45, 7) is 8.24. The fraction of sp³-hybridized carbons (Fsp3) is 0.786. The lowest BCUT2D eigenvalue weighted by Gasteiger charge is -2.26. The SMILES string of the molecule is CCc1cc(C2CC2)nn1CCN1CCOCC1. The second kappa shape index (κ2) is 5.41. The molecule has 2 aliphatic rings. The summed E-state index contributed by atoms with van der Waals surface area (Å²) in [5.41, 5.74) is 2.72. The van der Waals surface area contributed by atoms with Crippen LogP contribution in [0.25, 0.3) is 0 Å². The van der Waals surface area contributed by atoms with Gasteiger partial charge >= 0.3 is 0 Å². The van der Waals surface area contributed by atoms with Gasteiger partial charge in [0, 0.05) is 31.2 Å². The number of rotatable bonds is 5. The predicted molar refractivity (Wildman–Crippen MR) is 70.8 cm³/mol. The van der Waals surface area contributed by atoms with Crippen LogP contribution in [0.1, 0.15) is 37.1 Å². The molecule has 0 amide bonds. The Balaban J connectivity index is 1.60. The first-order chi connectivity index (χ1) is 8.86. The van der Waals surface area contributed by atoms with E-state index < -0.39 is 0 Å². The lowest BCUT2D eigenvalue weighted by Crippen LogP contribution is -2.38. The van der Waals surface area contributed by atoms with Gasteiger partial charge in [-0.05, 0) is 25.3 Å². The van der Waals surface area contributed by atoms with Crippen molar-refractivity contribution in [2.24, 2.45) is 0 Å². The van der Waals surface area contributed by atoms with Gasteiger partial charge in [0.05, 0.1) is 25.5 Å². The van der Waals surface area contributed by atoms with Crippen LogP contribution in [0, 0.1) is 0 Å². The molecule has 100 valence electrons. The molecule has 0 N–H and O–H groups in total. The van der Waals surface area contributed by atoms with Gasteiger partial charge in [-0.15, -0.1) is 0 Å². The Bertz CT molecular complexity index is 392. The second-order valence-electron chi connectivity index (χ2n) is 5.37. The molecule has 1 aliphatic heterocycles. The Labute approximate surface area is 109 Å². The van der Waals surface area contributed by atoms with Crippen molar-refractivity contribution in [1.82, 2.24) is 14.7 Å². The highest BCUT2D eigenvalue weighted by Gasteiger charge is 2.27. The minimum atomic E-state index is 0.764. The normalized spacial score (nSPS) is 21.4. The predicted octanol–water partition coefficient (Wildman–Crippen LogP) is 1.66. The van der Waals surface area contributed by atoms with Gasteiger partial charge in [0.15, 0.2) is 0 Å². The molecule has 1 aromatic rings. The third-order valence-electron chi connectivity index (χ3n) is 3.97. The van der Waals surface area contributed by atoms with E-state index in [1.807, 2.05) is 0 Å². The highest BCUT2D eigenvalue weighted by atomic mass is 16.5. The molecule has 2 heterocycles. The average Bonchev–Trinajstić information content (AvgIpc) is 3.18.